The predicted octanol–water partition coefficient (Wildman–Crippen LogP) is 4.02. The summed E-state index contributed by atoms with van der Waals surface area (Å²) < 4.78 is 11.7. The first kappa shape index (κ1) is 17.3. The summed E-state index contributed by atoms with van der Waals surface area (Å²) in [6.07, 6.45) is 3.41. The number of H-pyrrole nitrogens is 1. The number of thiophene rings is 1. The minimum Gasteiger partial charge on any atom is -0.497 e. The van der Waals surface area contributed by atoms with Crippen LogP contribution in [0.1, 0.15) is 11.3 Å². The van der Waals surface area contributed by atoms with Gasteiger partial charge in [0, 0.05) is 40.4 Å². The first-order valence-electron chi connectivity index (χ1n) is 8.38. The van der Waals surface area contributed by atoms with E-state index in [0.29, 0.717) is 6.54 Å². The number of hydrogen-bond acceptors (Lipinski definition) is 7. The van der Waals surface area contributed by atoms with Crippen LogP contribution in [0.2, 0.25) is 0 Å². The molecule has 3 aromatic heterocycles. The number of nitrogens with zero attached hydrogens (tertiary/aromatic N) is 3. The van der Waals surface area contributed by atoms with Gasteiger partial charge in [-0.2, -0.15) is 5.10 Å². The molecule has 8 heteroatoms. The number of nitrogens with one attached hydrogen (secondary N) is 2. The minimum absolute atomic E-state index is 0.581. The van der Waals surface area contributed by atoms with Crippen molar-refractivity contribution < 1.29 is 9.47 Å². The van der Waals surface area contributed by atoms with Crippen LogP contribution in [0.4, 0.5) is 5.82 Å². The van der Waals surface area contributed by atoms with Crippen molar-refractivity contribution in [2.45, 2.75) is 13.5 Å². The summed E-state index contributed by atoms with van der Waals surface area (Å²) in [5, 5.41) is 12.6. The van der Waals surface area contributed by atoms with Gasteiger partial charge in [0.2, 0.25) is 0 Å². The van der Waals surface area contributed by atoms with Crippen molar-refractivity contribution >= 4 is 27.4 Å². The van der Waals surface area contributed by atoms with E-state index in [9.17, 15) is 0 Å². The molecule has 27 heavy (non-hydrogen) atoms. The molecule has 0 saturated heterocycles. The van der Waals surface area contributed by atoms with E-state index >= 15 is 0 Å². The van der Waals surface area contributed by atoms with Crippen LogP contribution in [0.15, 0.2) is 36.1 Å². The Kier molecular flexibility index (Phi) is 4.64. The average Bonchev–Trinajstić information content (AvgIpc) is 3.32. The van der Waals surface area contributed by atoms with Gasteiger partial charge in [-0.1, -0.05) is 0 Å². The fraction of sp³-hybridized carbons (Fsp3) is 0.211. The Hall–Kier alpha value is -3.13. The number of aromatic nitrogens is 4. The van der Waals surface area contributed by atoms with Crippen LogP contribution in [0.3, 0.4) is 0 Å². The zero-order valence-electron chi connectivity index (χ0n) is 15.2. The topological polar surface area (TPSA) is 85.0 Å². The molecule has 0 spiro atoms. The lowest BCUT2D eigenvalue weighted by Crippen LogP contribution is -2.04. The molecule has 0 radical (unpaired) electrons. The van der Waals surface area contributed by atoms with Gasteiger partial charge >= 0.3 is 0 Å². The third kappa shape index (κ3) is 3.19. The maximum atomic E-state index is 5.47. The van der Waals surface area contributed by atoms with Crippen molar-refractivity contribution in [3.8, 4) is 22.6 Å². The lowest BCUT2D eigenvalue weighted by atomic mass is 10.1. The van der Waals surface area contributed by atoms with Crippen LogP contribution in [0, 0.1) is 6.92 Å². The normalized spacial score (nSPS) is 10.9. The zero-order chi connectivity index (χ0) is 18.8. The molecule has 0 aliphatic rings. The van der Waals surface area contributed by atoms with E-state index in [1.54, 1.807) is 31.9 Å². The Labute approximate surface area is 160 Å². The first-order chi connectivity index (χ1) is 13.2. The fourth-order valence-electron chi connectivity index (χ4n) is 2.97. The Balaban J connectivity index is 1.64. The van der Waals surface area contributed by atoms with Gasteiger partial charge in [0.05, 0.1) is 30.6 Å². The van der Waals surface area contributed by atoms with E-state index in [0.717, 1.165) is 49.9 Å². The SMILES string of the molecule is COc1ccc(CNc2ncnc3c(-c4cn[nH]c4C)csc23)c(OC)c1. The summed E-state index contributed by atoms with van der Waals surface area (Å²) in [6.45, 7) is 2.58. The molecule has 1 aromatic carbocycles. The van der Waals surface area contributed by atoms with Crippen molar-refractivity contribution in [3.05, 3.63) is 47.4 Å². The summed E-state index contributed by atoms with van der Waals surface area (Å²) in [5.74, 6) is 2.33. The van der Waals surface area contributed by atoms with Gasteiger partial charge in [-0.3, -0.25) is 5.10 Å². The van der Waals surface area contributed by atoms with Crippen molar-refractivity contribution in [2.75, 3.05) is 19.5 Å². The van der Waals surface area contributed by atoms with Gasteiger partial charge in [-0.25, -0.2) is 9.97 Å². The molecular formula is C19H19N5O2S. The summed E-state index contributed by atoms with van der Waals surface area (Å²) in [6, 6.07) is 5.77. The van der Waals surface area contributed by atoms with Crippen LogP contribution in [0.25, 0.3) is 21.3 Å². The summed E-state index contributed by atoms with van der Waals surface area (Å²) >= 11 is 1.62. The molecule has 3 heterocycles. The first-order valence-corrected chi connectivity index (χ1v) is 9.26. The highest BCUT2D eigenvalue weighted by Gasteiger charge is 2.15. The zero-order valence-corrected chi connectivity index (χ0v) is 16.1. The van der Waals surface area contributed by atoms with E-state index in [1.807, 2.05) is 31.3 Å². The second-order valence-electron chi connectivity index (χ2n) is 5.99. The van der Waals surface area contributed by atoms with Gasteiger partial charge in [0.1, 0.15) is 23.6 Å². The largest absolute Gasteiger partial charge is 0.497 e. The van der Waals surface area contributed by atoms with Crippen LogP contribution in [-0.4, -0.2) is 34.4 Å². The van der Waals surface area contributed by atoms with Crippen LogP contribution >= 0.6 is 11.3 Å². The summed E-state index contributed by atoms with van der Waals surface area (Å²) in [7, 11) is 3.29. The number of rotatable bonds is 6. The number of aryl methyl sites for hydroxylation is 1. The second kappa shape index (κ2) is 7.24. The van der Waals surface area contributed by atoms with Gasteiger partial charge in [-0.05, 0) is 19.1 Å². The number of benzene rings is 1. The number of fused-ring (bicyclic) bond motifs is 1. The molecule has 0 fully saturated rings. The number of anilines is 1. The second-order valence-corrected chi connectivity index (χ2v) is 6.87. The van der Waals surface area contributed by atoms with E-state index in [4.69, 9.17) is 9.47 Å². The van der Waals surface area contributed by atoms with Crippen molar-refractivity contribution in [1.82, 2.24) is 20.2 Å². The highest BCUT2D eigenvalue weighted by Crippen LogP contribution is 2.36. The number of methoxy groups -OCH3 is 2. The molecule has 0 aliphatic heterocycles. The summed E-state index contributed by atoms with van der Waals surface area (Å²) in [5.41, 5.74) is 5.08. The highest BCUT2D eigenvalue weighted by atomic mass is 32.1. The van der Waals surface area contributed by atoms with E-state index < -0.39 is 0 Å². The summed E-state index contributed by atoms with van der Waals surface area (Å²) in [4.78, 5) is 8.91. The quantitative estimate of drug-likeness (QED) is 0.525. The van der Waals surface area contributed by atoms with Crippen molar-refractivity contribution in [1.29, 1.82) is 0 Å². The Morgan fingerprint density at radius 2 is 2.04 bits per heavy atom. The molecule has 4 aromatic rings. The Bertz CT molecular complexity index is 1090. The molecule has 0 unspecified atom stereocenters. The number of aromatic amines is 1. The number of hydrogen-bond donors (Lipinski definition) is 2. The van der Waals surface area contributed by atoms with Crippen LogP contribution in [-0.2, 0) is 6.54 Å². The van der Waals surface area contributed by atoms with Gasteiger partial charge < -0.3 is 14.8 Å². The lowest BCUT2D eigenvalue weighted by Gasteiger charge is -2.12. The molecule has 0 bridgehead atoms. The van der Waals surface area contributed by atoms with Crippen molar-refractivity contribution in [3.63, 3.8) is 0 Å². The van der Waals surface area contributed by atoms with E-state index in [2.05, 4.69) is 30.9 Å². The van der Waals surface area contributed by atoms with E-state index in [1.165, 1.54) is 0 Å². The Morgan fingerprint density at radius 3 is 2.78 bits per heavy atom. The standard InChI is InChI=1S/C19H19N5O2S/c1-11-14(8-23-24-11)15-9-27-18-17(15)21-10-22-19(18)20-7-12-4-5-13(25-2)6-16(12)26-3/h4-6,8-10H,7H2,1-3H3,(H,23,24)(H,20,21,22). The molecule has 2 N–H and O–H groups in total. The third-order valence-electron chi connectivity index (χ3n) is 4.41. The third-order valence-corrected chi connectivity index (χ3v) is 5.39. The predicted molar refractivity (Wildman–Crippen MR) is 107 cm³/mol. The minimum atomic E-state index is 0.581. The molecule has 0 saturated carbocycles. The molecule has 0 amide bonds. The van der Waals surface area contributed by atoms with Crippen LogP contribution in [0.5, 0.6) is 11.5 Å². The van der Waals surface area contributed by atoms with Crippen molar-refractivity contribution in [2.24, 2.45) is 0 Å². The molecule has 4 rings (SSSR count). The van der Waals surface area contributed by atoms with Gasteiger partial charge in [-0.15, -0.1) is 11.3 Å². The maximum absolute atomic E-state index is 5.47. The molecule has 0 atom stereocenters. The average molecular weight is 381 g/mol. The fourth-order valence-corrected chi connectivity index (χ4v) is 3.95. The molecular weight excluding hydrogens is 362 g/mol. The molecule has 138 valence electrons. The highest BCUT2D eigenvalue weighted by molar-refractivity contribution is 7.18. The van der Waals surface area contributed by atoms with Gasteiger partial charge in [0.15, 0.2) is 0 Å². The van der Waals surface area contributed by atoms with E-state index in [-0.39, 0.29) is 0 Å². The Morgan fingerprint density at radius 1 is 1.15 bits per heavy atom. The lowest BCUT2D eigenvalue weighted by molar-refractivity contribution is 0.391. The van der Waals surface area contributed by atoms with Crippen LogP contribution < -0.4 is 14.8 Å². The van der Waals surface area contributed by atoms with Gasteiger partial charge in [0.25, 0.3) is 0 Å². The smallest absolute Gasteiger partial charge is 0.147 e. The molecule has 0 aliphatic carbocycles. The monoisotopic (exact) mass is 381 g/mol. The molecule has 7 nitrogen and oxygen atoms in total. The number of ether oxygens (including phenoxy) is 2. The maximum Gasteiger partial charge on any atom is 0.147 e.